The molecule has 1 aromatic rings. The molecule has 1 atom stereocenters. The molecule has 3 rings (SSSR count). The predicted molar refractivity (Wildman–Crippen MR) is 64.5 cm³/mol. The molecule has 2 heterocycles. The zero-order chi connectivity index (χ0) is 11.0. The second-order valence-corrected chi connectivity index (χ2v) is 4.74. The first-order valence-electron chi connectivity index (χ1n) is 6.15. The quantitative estimate of drug-likeness (QED) is 0.723. The molecule has 0 aliphatic carbocycles. The first-order chi connectivity index (χ1) is 7.84. The van der Waals surface area contributed by atoms with Crippen molar-refractivity contribution in [3.05, 3.63) is 24.0 Å². The summed E-state index contributed by atoms with van der Waals surface area (Å²) in [5, 5.41) is 3.41. The molecule has 0 aromatic heterocycles. The molecule has 86 valence electrons. The van der Waals surface area contributed by atoms with Gasteiger partial charge in [0.1, 0.15) is 5.82 Å². The van der Waals surface area contributed by atoms with Crippen LogP contribution < -0.4 is 10.2 Å². The molecule has 16 heavy (non-hydrogen) atoms. The minimum Gasteiger partial charge on any atom is -0.381 e. The van der Waals surface area contributed by atoms with Crippen molar-refractivity contribution in [2.75, 3.05) is 23.3 Å². The van der Waals surface area contributed by atoms with E-state index in [0.29, 0.717) is 6.04 Å². The van der Waals surface area contributed by atoms with Crippen molar-refractivity contribution < 1.29 is 4.39 Å². The number of hydrogen-bond acceptors (Lipinski definition) is 2. The van der Waals surface area contributed by atoms with Crippen molar-refractivity contribution in [3.63, 3.8) is 0 Å². The fraction of sp³-hybridized carbons (Fsp3) is 0.538. The maximum atomic E-state index is 13.3. The van der Waals surface area contributed by atoms with Gasteiger partial charge < -0.3 is 10.2 Å². The van der Waals surface area contributed by atoms with Crippen LogP contribution in [0.1, 0.15) is 25.7 Å². The molecule has 2 nitrogen and oxygen atoms in total. The van der Waals surface area contributed by atoms with Crippen molar-refractivity contribution in [2.45, 2.75) is 31.7 Å². The Morgan fingerprint density at radius 2 is 2.19 bits per heavy atom. The summed E-state index contributed by atoms with van der Waals surface area (Å²) in [6, 6.07) is 5.60. The normalized spacial score (nSPS) is 24.1. The van der Waals surface area contributed by atoms with Crippen molar-refractivity contribution in [1.82, 2.24) is 0 Å². The Hall–Kier alpha value is -1.25. The Morgan fingerprint density at radius 3 is 3.12 bits per heavy atom. The van der Waals surface area contributed by atoms with Gasteiger partial charge in [-0.2, -0.15) is 0 Å². The van der Waals surface area contributed by atoms with Gasteiger partial charge in [-0.05, 0) is 31.0 Å². The number of benzene rings is 1. The number of hydrogen-bond donors (Lipinski definition) is 1. The molecule has 0 radical (unpaired) electrons. The number of halogens is 1. The molecule has 3 heteroatoms. The smallest absolute Gasteiger partial charge is 0.125 e. The maximum absolute atomic E-state index is 13.3. The Bertz CT molecular complexity index is 392. The number of nitrogens with one attached hydrogen (secondary N) is 1. The van der Waals surface area contributed by atoms with Gasteiger partial charge in [0, 0.05) is 19.1 Å². The lowest BCUT2D eigenvalue weighted by Crippen LogP contribution is -2.43. The van der Waals surface area contributed by atoms with Crippen molar-refractivity contribution >= 4 is 11.4 Å². The van der Waals surface area contributed by atoms with Gasteiger partial charge in [-0.1, -0.05) is 12.8 Å². The Morgan fingerprint density at radius 1 is 1.25 bits per heavy atom. The molecule has 2 aliphatic rings. The molecule has 1 fully saturated rings. The summed E-state index contributed by atoms with van der Waals surface area (Å²) in [7, 11) is 0. The summed E-state index contributed by atoms with van der Waals surface area (Å²) in [6.45, 7) is 2.07. The Balaban J connectivity index is 1.98. The van der Waals surface area contributed by atoms with Crippen LogP contribution in [0.5, 0.6) is 0 Å². The molecule has 1 unspecified atom stereocenters. The highest BCUT2D eigenvalue weighted by Crippen LogP contribution is 2.35. The number of anilines is 2. The topological polar surface area (TPSA) is 15.3 Å². The van der Waals surface area contributed by atoms with E-state index >= 15 is 0 Å². The maximum Gasteiger partial charge on any atom is 0.125 e. The third-order valence-corrected chi connectivity index (χ3v) is 3.67. The lowest BCUT2D eigenvalue weighted by Gasteiger charge is -2.38. The minimum atomic E-state index is -0.134. The van der Waals surface area contributed by atoms with E-state index in [0.717, 1.165) is 24.5 Å². The lowest BCUT2D eigenvalue weighted by molar-refractivity contribution is 0.577. The fourth-order valence-electron chi connectivity index (χ4n) is 2.83. The number of rotatable bonds is 0. The van der Waals surface area contributed by atoms with E-state index in [1.54, 1.807) is 6.07 Å². The first kappa shape index (κ1) is 9.94. The lowest BCUT2D eigenvalue weighted by atomic mass is 10.1. The monoisotopic (exact) mass is 220 g/mol. The second kappa shape index (κ2) is 3.96. The highest BCUT2D eigenvalue weighted by Gasteiger charge is 2.27. The highest BCUT2D eigenvalue weighted by molar-refractivity contribution is 5.72. The molecule has 0 amide bonds. The van der Waals surface area contributed by atoms with E-state index in [2.05, 4.69) is 10.2 Å². The van der Waals surface area contributed by atoms with Crippen LogP contribution in [0.4, 0.5) is 15.8 Å². The van der Waals surface area contributed by atoms with Crippen molar-refractivity contribution in [3.8, 4) is 0 Å². The first-order valence-corrected chi connectivity index (χ1v) is 6.15. The van der Waals surface area contributed by atoms with E-state index < -0.39 is 0 Å². The molecule has 0 spiro atoms. The van der Waals surface area contributed by atoms with Crippen LogP contribution in [-0.2, 0) is 0 Å². The van der Waals surface area contributed by atoms with Gasteiger partial charge in [-0.3, -0.25) is 0 Å². The highest BCUT2D eigenvalue weighted by atomic mass is 19.1. The minimum absolute atomic E-state index is 0.134. The molecule has 2 aliphatic heterocycles. The van der Waals surface area contributed by atoms with Crippen LogP contribution in [0, 0.1) is 5.82 Å². The number of fused-ring (bicyclic) bond motifs is 3. The van der Waals surface area contributed by atoms with E-state index in [-0.39, 0.29) is 5.82 Å². The van der Waals surface area contributed by atoms with Crippen LogP contribution >= 0.6 is 0 Å². The summed E-state index contributed by atoms with van der Waals surface area (Å²) in [5.41, 5.74) is 2.14. The van der Waals surface area contributed by atoms with E-state index in [1.165, 1.54) is 31.7 Å². The third kappa shape index (κ3) is 1.64. The Kier molecular flexibility index (Phi) is 2.46. The predicted octanol–water partition coefficient (Wildman–Crippen LogP) is 3.00. The van der Waals surface area contributed by atoms with Gasteiger partial charge >= 0.3 is 0 Å². The average Bonchev–Trinajstić information content (AvgIpc) is 2.54. The molecule has 1 saturated heterocycles. The third-order valence-electron chi connectivity index (χ3n) is 3.67. The summed E-state index contributed by atoms with van der Waals surface area (Å²) >= 11 is 0. The van der Waals surface area contributed by atoms with Crippen LogP contribution in [0.15, 0.2) is 18.2 Å². The van der Waals surface area contributed by atoms with Crippen molar-refractivity contribution in [2.24, 2.45) is 0 Å². The van der Waals surface area contributed by atoms with E-state index in [4.69, 9.17) is 0 Å². The van der Waals surface area contributed by atoms with Gasteiger partial charge in [0.25, 0.3) is 0 Å². The van der Waals surface area contributed by atoms with Crippen LogP contribution in [-0.4, -0.2) is 19.1 Å². The van der Waals surface area contributed by atoms with Gasteiger partial charge in [0.2, 0.25) is 0 Å². The molecule has 1 N–H and O–H groups in total. The molecular formula is C13H17FN2. The van der Waals surface area contributed by atoms with Gasteiger partial charge in [0.15, 0.2) is 0 Å². The van der Waals surface area contributed by atoms with E-state index in [9.17, 15) is 4.39 Å². The summed E-state index contributed by atoms with van der Waals surface area (Å²) in [5.74, 6) is -0.134. The van der Waals surface area contributed by atoms with Crippen LogP contribution in [0.3, 0.4) is 0 Å². The fourth-order valence-corrected chi connectivity index (χ4v) is 2.83. The molecule has 0 bridgehead atoms. The van der Waals surface area contributed by atoms with E-state index in [1.807, 2.05) is 6.07 Å². The largest absolute Gasteiger partial charge is 0.381 e. The van der Waals surface area contributed by atoms with Crippen molar-refractivity contribution in [1.29, 1.82) is 0 Å². The zero-order valence-electron chi connectivity index (χ0n) is 9.38. The SMILES string of the molecule is Fc1ccc2c(c1)N1CCCCCC1CN2. The average molecular weight is 220 g/mol. The van der Waals surface area contributed by atoms with Gasteiger partial charge in [-0.25, -0.2) is 4.39 Å². The summed E-state index contributed by atoms with van der Waals surface area (Å²) < 4.78 is 13.3. The molecule has 1 aromatic carbocycles. The number of nitrogens with zero attached hydrogens (tertiary/aromatic N) is 1. The summed E-state index contributed by atoms with van der Waals surface area (Å²) in [6.07, 6.45) is 5.06. The van der Waals surface area contributed by atoms with Gasteiger partial charge in [0.05, 0.1) is 11.4 Å². The zero-order valence-corrected chi connectivity index (χ0v) is 9.38. The summed E-state index contributed by atoms with van der Waals surface area (Å²) in [4.78, 5) is 2.39. The standard InChI is InChI=1S/C13H17FN2/c14-10-5-6-12-13(8-10)16-7-3-1-2-4-11(16)9-15-12/h5-6,8,11,15H,1-4,7,9H2. The second-order valence-electron chi connectivity index (χ2n) is 4.74. The van der Waals surface area contributed by atoms with Crippen LogP contribution in [0.25, 0.3) is 0 Å². The molecule has 0 saturated carbocycles. The molecular weight excluding hydrogens is 203 g/mol. The van der Waals surface area contributed by atoms with Crippen LogP contribution in [0.2, 0.25) is 0 Å². The Labute approximate surface area is 95.4 Å². The van der Waals surface area contributed by atoms with Gasteiger partial charge in [-0.15, -0.1) is 0 Å².